The number of H-pyrrole nitrogens is 1. The molecule has 32 heavy (non-hydrogen) atoms. The molecule has 0 fully saturated rings. The Hall–Kier alpha value is -3.12. The highest BCUT2D eigenvalue weighted by Gasteiger charge is 2.26. The van der Waals surface area contributed by atoms with E-state index in [2.05, 4.69) is 20.7 Å². The highest BCUT2D eigenvalue weighted by molar-refractivity contribution is 6.30. The Morgan fingerprint density at radius 1 is 1.03 bits per heavy atom. The molecule has 1 amide bonds. The van der Waals surface area contributed by atoms with Crippen molar-refractivity contribution >= 4 is 23.7 Å². The molecule has 0 bridgehead atoms. The van der Waals surface area contributed by atoms with Gasteiger partial charge >= 0.3 is 0 Å². The van der Waals surface area contributed by atoms with E-state index in [4.69, 9.17) is 11.6 Å². The minimum atomic E-state index is -0.403. The first-order valence-electron chi connectivity index (χ1n) is 10.4. The zero-order chi connectivity index (χ0) is 23.7. The number of hydrazone groups is 1. The van der Waals surface area contributed by atoms with Crippen LogP contribution in [0.25, 0.3) is 11.3 Å². The van der Waals surface area contributed by atoms with Crippen LogP contribution in [0.4, 0.5) is 0 Å². The van der Waals surface area contributed by atoms with Crippen molar-refractivity contribution in [3.63, 3.8) is 0 Å². The molecule has 2 aromatic carbocycles. The number of hydrogen-bond acceptors (Lipinski definition) is 4. The fourth-order valence-electron chi connectivity index (χ4n) is 3.31. The summed E-state index contributed by atoms with van der Waals surface area (Å²) in [4.78, 5) is 12.5. The molecular weight excluding hydrogens is 424 g/mol. The van der Waals surface area contributed by atoms with Crippen LogP contribution in [0.1, 0.15) is 68.7 Å². The number of rotatable bonds is 4. The average Bonchev–Trinajstić information content (AvgIpc) is 3.18. The molecule has 0 unspecified atom stereocenters. The molecule has 0 aliphatic rings. The number of aromatic hydroxyl groups is 1. The summed E-state index contributed by atoms with van der Waals surface area (Å²) in [6.45, 7) is 12.3. The van der Waals surface area contributed by atoms with Crippen LogP contribution >= 0.6 is 11.6 Å². The van der Waals surface area contributed by atoms with Crippen LogP contribution in [0.3, 0.4) is 0 Å². The van der Waals surface area contributed by atoms with E-state index < -0.39 is 5.91 Å². The van der Waals surface area contributed by atoms with E-state index in [1.807, 2.05) is 65.8 Å². The average molecular weight is 453 g/mol. The first-order chi connectivity index (χ1) is 14.9. The van der Waals surface area contributed by atoms with Crippen LogP contribution in [0, 0.1) is 0 Å². The Morgan fingerprint density at radius 3 is 2.12 bits per heavy atom. The zero-order valence-electron chi connectivity index (χ0n) is 19.2. The summed E-state index contributed by atoms with van der Waals surface area (Å²) in [6, 6.07) is 12.7. The third-order valence-corrected chi connectivity index (χ3v) is 5.34. The Labute approximate surface area is 193 Å². The molecule has 0 radical (unpaired) electrons. The first-order valence-corrected chi connectivity index (χ1v) is 10.8. The summed E-state index contributed by atoms with van der Waals surface area (Å²) in [6.07, 6.45) is 1.58. The number of nitrogens with one attached hydrogen (secondary N) is 2. The highest BCUT2D eigenvalue weighted by Crippen LogP contribution is 2.39. The molecular formula is C25H29ClN4O2. The first kappa shape index (κ1) is 23.5. The van der Waals surface area contributed by atoms with Crippen LogP contribution in [0.5, 0.6) is 5.75 Å². The molecule has 7 heteroatoms. The Bertz CT molecular complexity index is 1110. The summed E-state index contributed by atoms with van der Waals surface area (Å²) in [5.41, 5.74) is 6.28. The third kappa shape index (κ3) is 5.37. The fourth-order valence-corrected chi connectivity index (χ4v) is 3.43. The van der Waals surface area contributed by atoms with E-state index >= 15 is 0 Å². The lowest BCUT2D eigenvalue weighted by Gasteiger charge is -2.27. The lowest BCUT2D eigenvalue weighted by Crippen LogP contribution is -2.19. The maximum Gasteiger partial charge on any atom is 0.289 e. The standard InChI is InChI=1S/C25H29ClN4O2/c1-24(2,3)18-11-15(12-19(22(18)31)25(4,5)6)14-27-30-23(32)21-13-20(28-29-21)16-7-9-17(26)10-8-16/h7-14,31H,1-6H3,(H,28,29)(H,30,32)/b27-14+. The summed E-state index contributed by atoms with van der Waals surface area (Å²) in [7, 11) is 0. The monoisotopic (exact) mass is 452 g/mol. The minimum Gasteiger partial charge on any atom is -0.507 e. The molecule has 0 saturated carbocycles. The van der Waals surface area contributed by atoms with Gasteiger partial charge in [-0.3, -0.25) is 9.89 Å². The number of halogens is 1. The predicted octanol–water partition coefficient (Wildman–Crippen LogP) is 5.79. The van der Waals surface area contributed by atoms with Crippen molar-refractivity contribution in [1.82, 2.24) is 15.6 Å². The van der Waals surface area contributed by atoms with Crippen molar-refractivity contribution in [2.75, 3.05) is 0 Å². The van der Waals surface area contributed by atoms with Crippen molar-refractivity contribution < 1.29 is 9.90 Å². The van der Waals surface area contributed by atoms with Crippen molar-refractivity contribution in [2.24, 2.45) is 5.10 Å². The Balaban J connectivity index is 1.80. The number of aromatic nitrogens is 2. The van der Waals surface area contributed by atoms with Crippen LogP contribution in [-0.2, 0) is 10.8 Å². The second kappa shape index (κ2) is 8.79. The minimum absolute atomic E-state index is 0.245. The summed E-state index contributed by atoms with van der Waals surface area (Å²) < 4.78 is 0. The van der Waals surface area contributed by atoms with Gasteiger partial charge in [0.2, 0.25) is 0 Å². The molecule has 0 aliphatic carbocycles. The number of phenolic OH excluding ortho intramolecular Hbond substituents is 1. The van der Waals surface area contributed by atoms with Crippen molar-refractivity contribution in [1.29, 1.82) is 0 Å². The maximum atomic E-state index is 12.5. The molecule has 0 spiro atoms. The Kier molecular flexibility index (Phi) is 6.46. The van der Waals surface area contributed by atoms with Gasteiger partial charge in [0.15, 0.2) is 0 Å². The van der Waals surface area contributed by atoms with E-state index in [-0.39, 0.29) is 10.8 Å². The molecule has 0 atom stereocenters. The van der Waals surface area contributed by atoms with Gasteiger partial charge < -0.3 is 5.11 Å². The van der Waals surface area contributed by atoms with E-state index in [0.717, 1.165) is 22.3 Å². The molecule has 0 aliphatic heterocycles. The van der Waals surface area contributed by atoms with Crippen molar-refractivity contribution in [2.45, 2.75) is 52.4 Å². The normalized spacial score (nSPS) is 12.3. The number of carbonyl (C=O) groups is 1. The number of phenols is 1. The fraction of sp³-hybridized carbons (Fsp3) is 0.320. The van der Waals surface area contributed by atoms with Gasteiger partial charge in [0.25, 0.3) is 5.91 Å². The van der Waals surface area contributed by atoms with Gasteiger partial charge in [0, 0.05) is 21.7 Å². The van der Waals surface area contributed by atoms with Crippen LogP contribution in [-0.4, -0.2) is 27.4 Å². The number of nitrogens with zero attached hydrogens (tertiary/aromatic N) is 2. The molecule has 0 saturated heterocycles. The molecule has 6 nitrogen and oxygen atoms in total. The largest absolute Gasteiger partial charge is 0.507 e. The summed E-state index contributed by atoms with van der Waals surface area (Å²) >= 11 is 5.92. The van der Waals surface area contributed by atoms with Gasteiger partial charge in [-0.15, -0.1) is 0 Å². The molecule has 1 heterocycles. The van der Waals surface area contributed by atoms with Gasteiger partial charge in [-0.05, 0) is 46.7 Å². The lowest BCUT2D eigenvalue weighted by molar-refractivity contribution is 0.0950. The molecule has 1 aromatic heterocycles. The van der Waals surface area contributed by atoms with Gasteiger partial charge in [0.1, 0.15) is 11.4 Å². The van der Waals surface area contributed by atoms with E-state index in [0.29, 0.717) is 22.2 Å². The molecule has 168 valence electrons. The van der Waals surface area contributed by atoms with Crippen LogP contribution in [0.15, 0.2) is 47.6 Å². The molecule has 3 N–H and O–H groups in total. The topological polar surface area (TPSA) is 90.4 Å². The highest BCUT2D eigenvalue weighted by atomic mass is 35.5. The van der Waals surface area contributed by atoms with E-state index in [9.17, 15) is 9.90 Å². The number of aromatic amines is 1. The maximum absolute atomic E-state index is 12.5. The van der Waals surface area contributed by atoms with Gasteiger partial charge in [-0.1, -0.05) is 65.3 Å². The number of hydrogen-bond donors (Lipinski definition) is 3. The predicted molar refractivity (Wildman–Crippen MR) is 130 cm³/mol. The lowest BCUT2D eigenvalue weighted by atomic mass is 9.78. The van der Waals surface area contributed by atoms with Crippen molar-refractivity contribution in [3.8, 4) is 17.0 Å². The molecule has 3 rings (SSSR count). The summed E-state index contributed by atoms with van der Waals surface area (Å²) in [5, 5.41) is 22.5. The van der Waals surface area contributed by atoms with Crippen LogP contribution in [0.2, 0.25) is 5.02 Å². The number of benzene rings is 2. The second-order valence-corrected chi connectivity index (χ2v) is 10.3. The second-order valence-electron chi connectivity index (χ2n) is 9.84. The number of carbonyl (C=O) groups excluding carboxylic acids is 1. The number of amides is 1. The smallest absolute Gasteiger partial charge is 0.289 e. The van der Waals surface area contributed by atoms with Crippen molar-refractivity contribution in [3.05, 3.63) is 69.9 Å². The third-order valence-electron chi connectivity index (χ3n) is 5.09. The van der Waals surface area contributed by atoms with Gasteiger partial charge in [0.05, 0.1) is 11.9 Å². The summed E-state index contributed by atoms with van der Waals surface area (Å²) in [5.74, 6) is -0.0989. The van der Waals surface area contributed by atoms with E-state index in [1.165, 1.54) is 0 Å². The SMILES string of the molecule is CC(C)(C)c1cc(/C=N/NC(=O)c2cc(-c3ccc(Cl)cc3)n[nH]2)cc(C(C)(C)C)c1O. The molecule has 3 aromatic rings. The quantitative estimate of drug-likeness (QED) is 0.345. The van der Waals surface area contributed by atoms with Gasteiger partial charge in [-0.25, -0.2) is 5.43 Å². The Morgan fingerprint density at radius 2 is 1.59 bits per heavy atom. The zero-order valence-corrected chi connectivity index (χ0v) is 20.0. The van der Waals surface area contributed by atoms with Crippen LogP contribution < -0.4 is 5.43 Å². The van der Waals surface area contributed by atoms with E-state index in [1.54, 1.807) is 24.4 Å². The van der Waals surface area contributed by atoms with Gasteiger partial charge in [-0.2, -0.15) is 10.2 Å².